The first kappa shape index (κ1) is 22.6. The number of ketones is 1. The average Bonchev–Trinajstić information content (AvgIpc) is 2.63. The lowest BCUT2D eigenvalue weighted by molar-refractivity contribution is -0.112. The fourth-order valence-corrected chi connectivity index (χ4v) is 3.12. The number of hydrogen-bond acceptors (Lipinski definition) is 7. The molecule has 0 saturated heterocycles. The second-order valence-electron chi connectivity index (χ2n) is 9.52. The van der Waals surface area contributed by atoms with E-state index in [1.54, 1.807) is 36.9 Å². The molecule has 2 aromatic heterocycles. The summed E-state index contributed by atoms with van der Waals surface area (Å²) in [4.78, 5) is 30.4. The fraction of sp³-hybridized carbons (Fsp3) is 0.458. The van der Waals surface area contributed by atoms with Crippen LogP contribution >= 0.6 is 0 Å². The topological polar surface area (TPSA) is 87.1 Å². The van der Waals surface area contributed by atoms with Crippen molar-refractivity contribution >= 4 is 17.9 Å². The van der Waals surface area contributed by atoms with Gasteiger partial charge >= 0.3 is 0 Å². The number of aromatic nitrogens is 4. The zero-order valence-corrected chi connectivity index (χ0v) is 19.1. The summed E-state index contributed by atoms with van der Waals surface area (Å²) in [5.74, 6) is 0.873. The van der Waals surface area contributed by atoms with Crippen molar-refractivity contribution in [2.24, 2.45) is 0 Å². The maximum Gasteiger partial charge on any atom is 0.233 e. The monoisotopic (exact) mass is 422 g/mol. The van der Waals surface area contributed by atoms with Crippen LogP contribution in [0.5, 0.6) is 11.8 Å². The van der Waals surface area contributed by atoms with Crippen LogP contribution in [0.1, 0.15) is 72.2 Å². The molecule has 1 aliphatic carbocycles. The molecule has 0 radical (unpaired) electrons. The lowest BCUT2D eigenvalue weighted by atomic mass is 9.88. The van der Waals surface area contributed by atoms with Gasteiger partial charge in [0.2, 0.25) is 11.8 Å². The Labute approximate surface area is 183 Å². The summed E-state index contributed by atoms with van der Waals surface area (Å²) >= 11 is 0. The van der Waals surface area contributed by atoms with Gasteiger partial charge in [-0.15, -0.1) is 0 Å². The highest BCUT2D eigenvalue weighted by Gasteiger charge is 2.22. The van der Waals surface area contributed by atoms with Gasteiger partial charge in [-0.05, 0) is 73.0 Å². The second kappa shape index (κ2) is 8.96. The van der Waals surface area contributed by atoms with Crippen molar-refractivity contribution in [3.63, 3.8) is 0 Å². The van der Waals surface area contributed by atoms with Crippen LogP contribution in [0.4, 0.5) is 0 Å². The molecule has 1 saturated carbocycles. The van der Waals surface area contributed by atoms with Crippen molar-refractivity contribution in [2.45, 2.75) is 72.0 Å². The lowest BCUT2D eigenvalue weighted by Gasteiger charge is -2.20. The maximum absolute atomic E-state index is 13.1. The van der Waals surface area contributed by atoms with Crippen molar-refractivity contribution < 1.29 is 14.3 Å². The van der Waals surface area contributed by atoms with Crippen molar-refractivity contribution in [3.8, 4) is 11.8 Å². The van der Waals surface area contributed by atoms with Crippen molar-refractivity contribution in [1.29, 1.82) is 0 Å². The predicted octanol–water partition coefficient (Wildman–Crippen LogP) is 4.84. The van der Waals surface area contributed by atoms with E-state index in [0.29, 0.717) is 47.1 Å². The highest BCUT2D eigenvalue weighted by molar-refractivity contribution is 6.13. The highest BCUT2D eigenvalue weighted by atomic mass is 16.5. The van der Waals surface area contributed by atoms with Crippen molar-refractivity contribution in [3.05, 3.63) is 47.3 Å². The molecule has 0 bridgehead atoms. The molecule has 0 amide bonds. The van der Waals surface area contributed by atoms with E-state index in [2.05, 4.69) is 19.9 Å². The molecule has 0 N–H and O–H groups in total. The molecule has 0 unspecified atom stereocenters. The third kappa shape index (κ3) is 6.98. The summed E-state index contributed by atoms with van der Waals surface area (Å²) in [6.07, 6.45) is 12.3. The Balaban J connectivity index is 1.82. The third-order valence-electron chi connectivity index (χ3n) is 4.20. The summed E-state index contributed by atoms with van der Waals surface area (Å²) in [5.41, 5.74) is 1.87. The van der Waals surface area contributed by atoms with Gasteiger partial charge in [0.05, 0.1) is 36.2 Å². The Bertz CT molecular complexity index is 934. The average molecular weight is 423 g/mol. The minimum absolute atomic E-state index is 0.000800. The maximum atomic E-state index is 13.1. The molecule has 0 spiro atoms. The fourth-order valence-electron chi connectivity index (χ4n) is 3.12. The Morgan fingerprint density at radius 1 is 0.742 bits per heavy atom. The normalized spacial score (nSPS) is 17.8. The quantitative estimate of drug-likeness (QED) is 0.651. The summed E-state index contributed by atoms with van der Waals surface area (Å²) in [7, 11) is 0. The molecular weight excluding hydrogens is 392 g/mol. The third-order valence-corrected chi connectivity index (χ3v) is 4.20. The number of Topliss-reactive ketones (excluding diaryl/α,β-unsaturated/α-hetero) is 1. The zero-order chi connectivity index (χ0) is 22.6. The number of allylic oxidation sites excluding steroid dienone is 2. The van der Waals surface area contributed by atoms with Crippen LogP contribution in [-0.4, -0.2) is 36.9 Å². The van der Waals surface area contributed by atoms with E-state index in [-0.39, 0.29) is 17.0 Å². The lowest BCUT2D eigenvalue weighted by Crippen LogP contribution is -2.23. The highest BCUT2D eigenvalue weighted by Crippen LogP contribution is 2.28. The molecular formula is C24H30N4O3. The van der Waals surface area contributed by atoms with Crippen molar-refractivity contribution in [1.82, 2.24) is 19.9 Å². The van der Waals surface area contributed by atoms with Crippen LogP contribution in [-0.2, 0) is 4.79 Å². The van der Waals surface area contributed by atoms with Crippen LogP contribution in [0.3, 0.4) is 0 Å². The van der Waals surface area contributed by atoms with E-state index in [0.717, 1.165) is 6.42 Å². The Hall–Kier alpha value is -3.09. The predicted molar refractivity (Wildman–Crippen MR) is 120 cm³/mol. The standard InChI is InChI=1S/C24H30N4O3/c1-23(2,3)30-20-14-25-12-18(27-20)10-16-8-7-9-17(22(16)29)11-19-13-26-15-21(28-19)31-24(4,5)6/h10-15H,7-9H2,1-6H3/b16-10+,17-11+. The number of hydrogen-bond donors (Lipinski definition) is 0. The molecule has 0 atom stereocenters. The van der Waals surface area contributed by atoms with E-state index < -0.39 is 0 Å². The molecule has 3 rings (SSSR count). The van der Waals surface area contributed by atoms with E-state index in [9.17, 15) is 4.79 Å². The molecule has 31 heavy (non-hydrogen) atoms. The summed E-state index contributed by atoms with van der Waals surface area (Å²) < 4.78 is 11.6. The zero-order valence-electron chi connectivity index (χ0n) is 19.1. The van der Waals surface area contributed by atoms with Gasteiger partial charge in [0.25, 0.3) is 0 Å². The number of rotatable bonds is 4. The Morgan fingerprint density at radius 3 is 1.55 bits per heavy atom. The summed E-state index contributed by atoms with van der Waals surface area (Å²) in [5, 5.41) is 0. The van der Waals surface area contributed by atoms with Gasteiger partial charge in [-0.3, -0.25) is 14.8 Å². The van der Waals surface area contributed by atoms with Crippen LogP contribution in [0.15, 0.2) is 35.9 Å². The first-order valence-electron chi connectivity index (χ1n) is 10.5. The molecule has 2 heterocycles. The van der Waals surface area contributed by atoms with Gasteiger partial charge in [0.15, 0.2) is 5.78 Å². The molecule has 164 valence electrons. The van der Waals surface area contributed by atoms with E-state index in [4.69, 9.17) is 9.47 Å². The first-order chi connectivity index (χ1) is 14.5. The molecule has 0 aliphatic heterocycles. The van der Waals surface area contributed by atoms with Crippen LogP contribution in [0.25, 0.3) is 12.2 Å². The smallest absolute Gasteiger partial charge is 0.233 e. The van der Waals surface area contributed by atoms with Gasteiger partial charge in [-0.25, -0.2) is 9.97 Å². The van der Waals surface area contributed by atoms with Crippen LogP contribution in [0, 0.1) is 0 Å². The van der Waals surface area contributed by atoms with Crippen LogP contribution < -0.4 is 9.47 Å². The molecule has 0 aromatic carbocycles. The SMILES string of the molecule is CC(C)(C)Oc1cncc(/C=C2\CCC/C(=C\c3cncc(OC(C)(C)C)n3)C2=O)n1. The second-order valence-corrected chi connectivity index (χ2v) is 9.52. The number of ether oxygens (including phenoxy) is 2. The molecule has 2 aromatic rings. The Kier molecular flexibility index (Phi) is 6.53. The van der Waals surface area contributed by atoms with Gasteiger partial charge in [-0.2, -0.15) is 0 Å². The van der Waals surface area contributed by atoms with E-state index in [1.165, 1.54) is 0 Å². The minimum atomic E-state index is -0.372. The molecule has 1 aliphatic rings. The number of carbonyl (C=O) groups is 1. The van der Waals surface area contributed by atoms with Crippen molar-refractivity contribution in [2.75, 3.05) is 0 Å². The first-order valence-corrected chi connectivity index (χ1v) is 10.5. The number of nitrogens with zero attached hydrogens (tertiary/aromatic N) is 4. The van der Waals surface area contributed by atoms with Gasteiger partial charge in [0.1, 0.15) is 11.2 Å². The van der Waals surface area contributed by atoms with Crippen LogP contribution in [0.2, 0.25) is 0 Å². The summed E-state index contributed by atoms with van der Waals surface area (Å²) in [6.45, 7) is 11.7. The summed E-state index contributed by atoms with van der Waals surface area (Å²) in [6, 6.07) is 0. The Morgan fingerprint density at radius 2 is 1.16 bits per heavy atom. The molecule has 7 nitrogen and oxygen atoms in total. The van der Waals surface area contributed by atoms with E-state index >= 15 is 0 Å². The van der Waals surface area contributed by atoms with Gasteiger partial charge in [0, 0.05) is 11.1 Å². The molecule has 7 heteroatoms. The number of carbonyl (C=O) groups excluding carboxylic acids is 1. The minimum Gasteiger partial charge on any atom is -0.471 e. The van der Waals surface area contributed by atoms with E-state index in [1.807, 2.05) is 41.5 Å². The molecule has 1 fully saturated rings. The largest absolute Gasteiger partial charge is 0.471 e. The van der Waals surface area contributed by atoms with Gasteiger partial charge < -0.3 is 9.47 Å². The van der Waals surface area contributed by atoms with Gasteiger partial charge in [-0.1, -0.05) is 0 Å².